The lowest BCUT2D eigenvalue weighted by Gasteiger charge is -2.55. The van der Waals surface area contributed by atoms with Crippen molar-refractivity contribution < 1.29 is 104 Å². The van der Waals surface area contributed by atoms with Gasteiger partial charge in [-0.1, -0.05) is 31.4 Å². The number of phenolic OH excluding ortho intramolecular Hbond substituents is 3. The zero-order valence-electron chi connectivity index (χ0n) is 44.5. The number of benzene rings is 2. The molecule has 6 aliphatic heterocycles. The lowest BCUT2D eigenvalue weighted by molar-refractivity contribution is -0.432. The Labute approximate surface area is 471 Å². The standard InChI is InChI=1S/C58H63N3O22/c1-2-36-34(21-33-27-6-3-7-32(17-27)60-51(33)61-36)35-20-30(19-31-8-4-13-59-31)57(80-41-23-40-43(45(68)42(35)41)37(65)22-39(79-40)29-16-28(10-15-63)44(67)38(66)18-29)48(71)46(69)47(70)54(82-57)11-5-12-55(52(74)75)58(77,78)50(73)49(72)56(83-55,81-53(54)76)24-26(25-64)9-14-62/h4,8,13-14,16,18,20-23,26-27,32,35,46-51,59-61,63-64,66-73,77-78H,2-3,6-7,9-11,15,17,19,24-25H2,1H3,(H,74,75)/t26-,27+,32-,35-,46+,47+,48-,49-,50-,51?,54+,55-,56+,57+/m1/s1. The van der Waals surface area contributed by atoms with E-state index in [1.165, 1.54) is 18.2 Å². The molecule has 7 aliphatic rings. The number of nitrogens with one attached hydrogen (secondary N) is 3. The second kappa shape index (κ2) is 21.2. The molecule has 0 radical (unpaired) electrons. The van der Waals surface area contributed by atoms with Gasteiger partial charge in [-0.25, -0.2) is 9.59 Å². The number of carboxylic acid groups (broad SMARTS) is 1. The number of carbonyl (C=O) groups excluding carboxylic acids is 2. The lowest BCUT2D eigenvalue weighted by Crippen LogP contribution is -2.79. The number of ether oxygens (including phenoxy) is 4. The molecule has 16 N–H and O–H groups in total. The fourth-order valence-electron chi connectivity index (χ4n) is 13.1. The van der Waals surface area contributed by atoms with Crippen LogP contribution in [0.5, 0.6) is 23.0 Å². The number of fused-ring (bicyclic) bond motifs is 8. The largest absolute Gasteiger partial charge is 0.507 e. The number of hydrogen-bond acceptors (Lipinski definition) is 23. The number of carboxylic acids is 1. The molecular formula is C58H63N3O22. The number of carbonyl (C=O) groups is 3. The average molecular weight is 1150 g/mol. The van der Waals surface area contributed by atoms with Gasteiger partial charge in [0, 0.05) is 96.4 Å². The quantitative estimate of drug-likeness (QED) is 0.0206. The summed E-state index contributed by atoms with van der Waals surface area (Å²) in [5.74, 6) is -15.4. The van der Waals surface area contributed by atoms with E-state index in [4.69, 9.17) is 23.4 Å². The third kappa shape index (κ3) is 9.02. The van der Waals surface area contributed by atoms with Crippen LogP contribution in [0.25, 0.3) is 22.3 Å². The van der Waals surface area contributed by atoms with Crippen LogP contribution in [0.15, 0.2) is 86.4 Å². The summed E-state index contributed by atoms with van der Waals surface area (Å²) >= 11 is 0. The summed E-state index contributed by atoms with van der Waals surface area (Å²) in [6.45, 7) is 0.512. The van der Waals surface area contributed by atoms with Crippen molar-refractivity contribution in [3.63, 3.8) is 0 Å². The molecule has 1 aliphatic carbocycles. The van der Waals surface area contributed by atoms with E-state index in [-0.39, 0.29) is 59.0 Å². The number of dihydropyridines is 1. The Morgan fingerprint density at radius 3 is 2.43 bits per heavy atom. The van der Waals surface area contributed by atoms with Gasteiger partial charge in [-0.05, 0) is 85.3 Å². The van der Waals surface area contributed by atoms with Crippen molar-refractivity contribution in [1.82, 2.24) is 15.6 Å². The summed E-state index contributed by atoms with van der Waals surface area (Å²) in [7, 11) is 0. The summed E-state index contributed by atoms with van der Waals surface area (Å²) in [6.07, 6.45) is -8.02. The Hall–Kier alpha value is -7.16. The number of H-pyrrole nitrogens is 1. The van der Waals surface area contributed by atoms with Crippen LogP contribution in [-0.2, 0) is 41.4 Å². The third-order valence-electron chi connectivity index (χ3n) is 17.5. The highest BCUT2D eigenvalue weighted by Crippen LogP contribution is 2.56. The van der Waals surface area contributed by atoms with Gasteiger partial charge < -0.3 is 105 Å². The first kappa shape index (κ1) is 57.6. The van der Waals surface area contributed by atoms with Crippen LogP contribution in [0.1, 0.15) is 81.0 Å². The number of aromatic amines is 1. The first-order valence-corrected chi connectivity index (χ1v) is 27.3. The number of piperidine rings is 1. The van der Waals surface area contributed by atoms with Gasteiger partial charge in [0.25, 0.3) is 11.4 Å². The molecule has 2 spiro atoms. The average Bonchev–Trinajstić information content (AvgIpc) is 4.21. The molecule has 442 valence electrons. The number of aromatic nitrogens is 1. The molecule has 2 aromatic heterocycles. The number of phenols is 3. The predicted octanol–water partition coefficient (Wildman–Crippen LogP) is -0.195. The molecule has 3 saturated heterocycles. The van der Waals surface area contributed by atoms with E-state index in [0.717, 1.165) is 43.4 Å². The smallest absolute Gasteiger partial charge is 0.354 e. The van der Waals surface area contributed by atoms with Crippen LogP contribution in [0.2, 0.25) is 0 Å². The molecular weight excluding hydrogens is 1090 g/mol. The number of hydrogen-bond donors (Lipinski definition) is 16. The molecule has 8 heterocycles. The monoisotopic (exact) mass is 1150 g/mol. The van der Waals surface area contributed by atoms with Crippen molar-refractivity contribution in [1.29, 1.82) is 0 Å². The van der Waals surface area contributed by atoms with Crippen LogP contribution in [0.4, 0.5) is 0 Å². The molecule has 2 aromatic carbocycles. The van der Waals surface area contributed by atoms with Crippen LogP contribution < -0.4 is 20.8 Å². The Bertz CT molecular complexity index is 3510. The van der Waals surface area contributed by atoms with Gasteiger partial charge in [0.2, 0.25) is 17.2 Å². The Morgan fingerprint density at radius 1 is 0.952 bits per heavy atom. The maximum absolute atomic E-state index is 15.6. The summed E-state index contributed by atoms with van der Waals surface area (Å²) in [4.78, 5) is 58.6. The highest BCUT2D eigenvalue weighted by atomic mass is 16.8. The number of aliphatic hydroxyl groups excluding tert-OH is 7. The van der Waals surface area contributed by atoms with Crippen LogP contribution in [-0.4, -0.2) is 174 Å². The third-order valence-corrected chi connectivity index (χ3v) is 17.5. The van der Waals surface area contributed by atoms with Gasteiger partial charge in [-0.15, -0.1) is 0 Å². The number of allylic oxidation sites excluding steroid dienone is 4. The summed E-state index contributed by atoms with van der Waals surface area (Å²) in [5.41, 5.74) is -5.90. The van der Waals surface area contributed by atoms with E-state index in [9.17, 15) is 80.8 Å². The summed E-state index contributed by atoms with van der Waals surface area (Å²) in [5, 5.41) is 156. The van der Waals surface area contributed by atoms with E-state index in [0.29, 0.717) is 29.7 Å². The Kier molecular flexibility index (Phi) is 14.7. The summed E-state index contributed by atoms with van der Waals surface area (Å²) < 4.78 is 31.8. The lowest BCUT2D eigenvalue weighted by atomic mass is 9.73. The van der Waals surface area contributed by atoms with Crippen molar-refractivity contribution >= 4 is 29.2 Å². The molecule has 83 heavy (non-hydrogen) atoms. The van der Waals surface area contributed by atoms with Gasteiger partial charge in [0.1, 0.15) is 52.8 Å². The zero-order chi connectivity index (χ0) is 59.3. The second-order valence-corrected chi connectivity index (χ2v) is 22.4. The number of esters is 1. The van der Waals surface area contributed by atoms with Gasteiger partial charge in [0.15, 0.2) is 29.1 Å². The minimum atomic E-state index is -4.04. The molecule has 1 unspecified atom stereocenters. The van der Waals surface area contributed by atoms with E-state index in [1.54, 1.807) is 18.3 Å². The van der Waals surface area contributed by atoms with E-state index in [2.05, 4.69) is 21.5 Å². The molecule has 25 heteroatoms. The first-order chi connectivity index (χ1) is 39.5. The maximum atomic E-state index is 15.6. The number of aromatic hydroxyl groups is 3. The van der Waals surface area contributed by atoms with Crippen molar-refractivity contribution in [2.75, 3.05) is 13.2 Å². The SMILES string of the molecule is CCC1=C([C@H]2C=C(Cc3ccc[nH]3)[C@]3(Oc4cc5oc(-c6cc(O)c(O)c(CCO)c6)cc(=O)c5c(O)c42)O[C@@]2(CC#C[C@]4(C(=O)O)O[C@](C[C@H](CO)CC=O)(OC2=O)[C@H](O)[C@@H](O)C4(O)O)[C@@H](O)[C@H](O)[C@H]3O)C=C2C(N1)N[C@@H]1CCC[C@H]2C1. The highest BCUT2D eigenvalue weighted by Gasteiger charge is 2.76. The zero-order valence-corrected chi connectivity index (χ0v) is 44.5. The van der Waals surface area contributed by atoms with E-state index >= 15 is 4.79 Å². The van der Waals surface area contributed by atoms with Crippen LogP contribution in [0.3, 0.4) is 0 Å². The Balaban J connectivity index is 1.18. The number of aldehydes is 1. The molecule has 1 saturated carbocycles. The molecule has 14 atom stereocenters. The Morgan fingerprint density at radius 2 is 1.73 bits per heavy atom. The normalized spacial score (nSPS) is 33.8. The number of aliphatic carboxylic acids is 1. The topological polar surface area (TPSA) is 421 Å². The van der Waals surface area contributed by atoms with Crippen LogP contribution in [0, 0.1) is 23.7 Å². The molecule has 4 fully saturated rings. The van der Waals surface area contributed by atoms with E-state index in [1.807, 2.05) is 18.9 Å². The maximum Gasteiger partial charge on any atom is 0.354 e. The van der Waals surface area contributed by atoms with Crippen molar-refractivity contribution in [3.8, 4) is 46.2 Å². The molecule has 0 amide bonds. The molecule has 4 bridgehead atoms. The molecule has 4 aromatic rings. The molecule has 11 rings (SSSR count). The van der Waals surface area contributed by atoms with Gasteiger partial charge in [-0.3, -0.25) is 10.1 Å². The van der Waals surface area contributed by atoms with Gasteiger partial charge in [-0.2, -0.15) is 0 Å². The number of rotatable bonds is 13. The fourth-order valence-corrected chi connectivity index (χ4v) is 13.1. The van der Waals surface area contributed by atoms with Gasteiger partial charge in [0.05, 0.1) is 12.6 Å². The van der Waals surface area contributed by atoms with Crippen molar-refractivity contribution in [2.45, 2.75) is 148 Å². The predicted molar refractivity (Wildman–Crippen MR) is 283 cm³/mol. The van der Waals surface area contributed by atoms with Crippen molar-refractivity contribution in [2.24, 2.45) is 11.8 Å². The van der Waals surface area contributed by atoms with Gasteiger partial charge >= 0.3 is 11.9 Å². The minimum absolute atomic E-state index is 0.0372. The number of aliphatic hydroxyl groups is 9. The molecule has 25 nitrogen and oxygen atoms in total. The fraction of sp³-hybridized carbons (Fsp3) is 0.483. The summed E-state index contributed by atoms with van der Waals surface area (Å²) in [6, 6.07) is 8.15. The van der Waals surface area contributed by atoms with E-state index < -0.39 is 155 Å². The van der Waals surface area contributed by atoms with Crippen LogP contribution >= 0.6 is 0 Å². The second-order valence-electron chi connectivity index (χ2n) is 22.4. The minimum Gasteiger partial charge on any atom is -0.507 e. The first-order valence-electron chi connectivity index (χ1n) is 27.3. The highest BCUT2D eigenvalue weighted by molar-refractivity contribution is 5.90. The van der Waals surface area contributed by atoms with Crippen molar-refractivity contribution in [3.05, 3.63) is 104 Å².